The molecular formula is C40H38N4O8. The van der Waals surface area contributed by atoms with Gasteiger partial charge in [0.05, 0.1) is 11.4 Å². The zero-order chi connectivity index (χ0) is 35.9. The zero-order valence-electron chi connectivity index (χ0n) is 28.3. The van der Waals surface area contributed by atoms with Crippen molar-refractivity contribution in [2.45, 2.75) is 12.8 Å². The quantitative estimate of drug-likeness (QED) is 0.0914. The van der Waals surface area contributed by atoms with Gasteiger partial charge >= 0.3 is 0 Å². The van der Waals surface area contributed by atoms with E-state index in [0.29, 0.717) is 85.0 Å². The summed E-state index contributed by atoms with van der Waals surface area (Å²) >= 11 is 0. The molecule has 4 N–H and O–H groups in total. The van der Waals surface area contributed by atoms with Gasteiger partial charge in [-0.05, 0) is 122 Å². The van der Waals surface area contributed by atoms with Gasteiger partial charge < -0.3 is 30.4 Å². The van der Waals surface area contributed by atoms with E-state index in [0.717, 1.165) is 0 Å². The minimum atomic E-state index is -0.521. The van der Waals surface area contributed by atoms with Gasteiger partial charge in [-0.3, -0.25) is 29.0 Å². The lowest BCUT2D eigenvalue weighted by Gasteiger charge is -2.36. The van der Waals surface area contributed by atoms with Gasteiger partial charge in [-0.15, -0.1) is 0 Å². The Morgan fingerprint density at radius 1 is 0.423 bits per heavy atom. The third kappa shape index (κ3) is 6.03. The average molecular weight is 703 g/mol. The Hall–Kier alpha value is -6.04. The Labute approximate surface area is 300 Å². The number of piperidine rings is 2. The number of amides is 4. The molecule has 4 aromatic carbocycles. The summed E-state index contributed by atoms with van der Waals surface area (Å²) in [6.07, 6.45) is 0.723. The molecule has 8 rings (SSSR count). The lowest BCUT2D eigenvalue weighted by Crippen LogP contribution is -2.52. The molecule has 4 aliphatic rings. The molecule has 52 heavy (non-hydrogen) atoms. The van der Waals surface area contributed by atoms with E-state index in [1.54, 1.807) is 97.1 Å². The van der Waals surface area contributed by atoms with Crippen LogP contribution < -0.4 is 40.2 Å². The summed E-state index contributed by atoms with van der Waals surface area (Å²) in [5.41, 5.74) is 13.6. The van der Waals surface area contributed by atoms with Crippen LogP contribution >= 0.6 is 0 Å². The van der Waals surface area contributed by atoms with Gasteiger partial charge in [0.2, 0.25) is 23.6 Å². The highest BCUT2D eigenvalue weighted by Crippen LogP contribution is 2.62. The number of ether oxygens (including phenoxy) is 4. The topological polar surface area (TPSA) is 164 Å². The van der Waals surface area contributed by atoms with Crippen LogP contribution in [0.25, 0.3) is 0 Å². The SMILES string of the molecule is Nc1ccc(OCCOc2ccc(N3C(=O)C4CC(C3=O)C3C5CC(C(=O)N(c6ccc(OCCOc7ccc(N)cc7)cc6)C5=O)C43)cc2)cc1. The van der Waals surface area contributed by atoms with Gasteiger partial charge in [-0.1, -0.05) is 0 Å². The van der Waals surface area contributed by atoms with Crippen LogP contribution in [0.4, 0.5) is 22.7 Å². The van der Waals surface area contributed by atoms with Crippen LogP contribution in [-0.4, -0.2) is 50.1 Å². The number of carbonyl (C=O) groups is 4. The van der Waals surface area contributed by atoms with E-state index in [-0.39, 0.29) is 35.5 Å². The first-order valence-corrected chi connectivity index (χ1v) is 17.4. The molecule has 0 spiro atoms. The van der Waals surface area contributed by atoms with E-state index in [9.17, 15) is 19.2 Å². The van der Waals surface area contributed by atoms with Crippen LogP contribution in [0, 0.1) is 35.5 Å². The molecular weight excluding hydrogens is 664 g/mol. The van der Waals surface area contributed by atoms with Crippen molar-refractivity contribution in [1.29, 1.82) is 0 Å². The fraction of sp³-hybridized carbons (Fsp3) is 0.300. The second-order valence-electron chi connectivity index (χ2n) is 13.6. The van der Waals surface area contributed by atoms with Crippen LogP contribution in [0.5, 0.6) is 23.0 Å². The molecule has 4 aromatic rings. The number of carbonyl (C=O) groups excluding carboxylic acids is 4. The highest BCUT2D eigenvalue weighted by Gasteiger charge is 2.68. The molecule has 12 nitrogen and oxygen atoms in total. The predicted octanol–water partition coefficient (Wildman–Crippen LogP) is 4.72. The molecule has 0 aromatic heterocycles. The summed E-state index contributed by atoms with van der Waals surface area (Å²) in [4.78, 5) is 58.4. The summed E-state index contributed by atoms with van der Waals surface area (Å²) < 4.78 is 22.9. The van der Waals surface area contributed by atoms with Crippen molar-refractivity contribution in [3.8, 4) is 23.0 Å². The number of fused-ring (bicyclic) bond motifs is 9. The van der Waals surface area contributed by atoms with E-state index in [2.05, 4.69) is 0 Å². The second kappa shape index (κ2) is 13.6. The molecule has 4 fully saturated rings. The average Bonchev–Trinajstić information content (AvgIpc) is 3.70. The van der Waals surface area contributed by atoms with Crippen molar-refractivity contribution in [2.75, 3.05) is 47.7 Å². The smallest absolute Gasteiger partial charge is 0.237 e. The van der Waals surface area contributed by atoms with Crippen molar-refractivity contribution < 1.29 is 38.1 Å². The van der Waals surface area contributed by atoms with Crippen molar-refractivity contribution in [2.24, 2.45) is 35.5 Å². The van der Waals surface area contributed by atoms with E-state index in [1.165, 1.54) is 9.80 Å². The minimum Gasteiger partial charge on any atom is -0.490 e. The standard InChI is InChI=1S/C40H38N4O8/c41-23-1-9-27(10-2-23)49-17-19-51-29-13-5-25(6-14-29)43-37(45)31-21-32(38(43)46)36-34-22-33(35(31)36)39(47)44(40(34)48)26-7-15-30(16-8-26)52-20-18-50-28-11-3-24(42)4-12-28/h1-16,31-36H,17-22,41-42H2. The number of anilines is 4. The van der Waals surface area contributed by atoms with E-state index < -0.39 is 23.7 Å². The van der Waals surface area contributed by atoms with Gasteiger partial charge in [-0.25, -0.2) is 0 Å². The number of hydrogen-bond donors (Lipinski definition) is 2. The maximum Gasteiger partial charge on any atom is 0.237 e. The molecule has 2 saturated carbocycles. The first kappa shape index (κ1) is 33.1. The van der Waals surface area contributed by atoms with Crippen molar-refractivity contribution >= 4 is 46.4 Å². The normalized spacial score (nSPS) is 24.5. The Morgan fingerprint density at radius 2 is 0.673 bits per heavy atom. The molecule has 4 bridgehead atoms. The highest BCUT2D eigenvalue weighted by atomic mass is 16.5. The zero-order valence-corrected chi connectivity index (χ0v) is 28.3. The summed E-state index contributed by atoms with van der Waals surface area (Å²) in [6.45, 7) is 1.22. The van der Waals surface area contributed by atoms with Crippen LogP contribution in [0.15, 0.2) is 97.1 Å². The highest BCUT2D eigenvalue weighted by molar-refractivity contribution is 6.22. The van der Waals surface area contributed by atoms with E-state index in [4.69, 9.17) is 30.4 Å². The minimum absolute atomic E-state index is 0.292. The van der Waals surface area contributed by atoms with E-state index in [1.807, 2.05) is 0 Å². The van der Waals surface area contributed by atoms with Gasteiger partial charge in [0, 0.05) is 35.0 Å². The Morgan fingerprint density at radius 3 is 0.942 bits per heavy atom. The van der Waals surface area contributed by atoms with Gasteiger partial charge in [0.25, 0.3) is 0 Å². The molecule has 4 atom stereocenters. The maximum absolute atomic E-state index is 14.0. The predicted molar refractivity (Wildman–Crippen MR) is 192 cm³/mol. The third-order valence-corrected chi connectivity index (χ3v) is 10.7. The first-order valence-electron chi connectivity index (χ1n) is 17.4. The third-order valence-electron chi connectivity index (χ3n) is 10.7. The largest absolute Gasteiger partial charge is 0.490 e. The molecule has 266 valence electrons. The molecule has 2 aliphatic heterocycles. The Kier molecular flexibility index (Phi) is 8.66. The summed E-state index contributed by atoms with van der Waals surface area (Å²) in [5.74, 6) is -1.60. The maximum atomic E-state index is 14.0. The van der Waals surface area contributed by atoms with Crippen molar-refractivity contribution in [1.82, 2.24) is 0 Å². The van der Waals surface area contributed by atoms with Gasteiger partial charge in [0.1, 0.15) is 49.4 Å². The van der Waals surface area contributed by atoms with Crippen molar-refractivity contribution in [3.05, 3.63) is 97.1 Å². The number of nitrogen functional groups attached to an aromatic ring is 2. The van der Waals surface area contributed by atoms with Crippen LogP contribution in [0.2, 0.25) is 0 Å². The fourth-order valence-corrected chi connectivity index (χ4v) is 8.41. The van der Waals surface area contributed by atoms with Gasteiger partial charge in [0.15, 0.2) is 0 Å². The van der Waals surface area contributed by atoms with Crippen molar-refractivity contribution in [3.63, 3.8) is 0 Å². The Balaban J connectivity index is 0.895. The number of nitrogens with two attached hydrogens (primary N) is 2. The van der Waals surface area contributed by atoms with Crippen LogP contribution in [0.3, 0.4) is 0 Å². The summed E-state index contributed by atoms with van der Waals surface area (Å²) in [7, 11) is 0. The van der Waals surface area contributed by atoms with Crippen LogP contribution in [0.1, 0.15) is 12.8 Å². The molecule has 2 saturated heterocycles. The van der Waals surface area contributed by atoms with Crippen LogP contribution in [-0.2, 0) is 19.2 Å². The molecule has 4 unspecified atom stereocenters. The fourth-order valence-electron chi connectivity index (χ4n) is 8.41. The number of hydrogen-bond acceptors (Lipinski definition) is 10. The number of nitrogens with zero attached hydrogens (tertiary/aromatic N) is 2. The van der Waals surface area contributed by atoms with Gasteiger partial charge in [-0.2, -0.15) is 0 Å². The molecule has 4 amide bonds. The lowest BCUT2D eigenvalue weighted by molar-refractivity contribution is -0.136. The summed E-state index contributed by atoms with van der Waals surface area (Å²) in [5, 5.41) is 0. The summed E-state index contributed by atoms with van der Waals surface area (Å²) in [6, 6.07) is 27.8. The monoisotopic (exact) mass is 702 g/mol. The molecule has 0 radical (unpaired) electrons. The lowest BCUT2D eigenvalue weighted by atomic mass is 9.82. The molecule has 12 heteroatoms. The van der Waals surface area contributed by atoms with E-state index >= 15 is 0 Å². The second-order valence-corrected chi connectivity index (χ2v) is 13.6. The first-order chi connectivity index (χ1) is 25.3. The number of imide groups is 2. The number of benzene rings is 4. The molecule has 2 heterocycles. The Bertz CT molecular complexity index is 1800. The number of rotatable bonds is 12. The molecule has 2 aliphatic carbocycles.